The van der Waals surface area contributed by atoms with Gasteiger partial charge in [-0.2, -0.15) is 0 Å². The Labute approximate surface area is 137 Å². The Morgan fingerprint density at radius 1 is 1.26 bits per heavy atom. The van der Waals surface area contributed by atoms with Crippen LogP contribution in [0.2, 0.25) is 0 Å². The van der Waals surface area contributed by atoms with Crippen molar-refractivity contribution in [2.75, 3.05) is 26.2 Å². The van der Waals surface area contributed by atoms with Crippen LogP contribution in [0.1, 0.15) is 12.8 Å². The van der Waals surface area contributed by atoms with Crippen LogP contribution in [0.3, 0.4) is 0 Å². The van der Waals surface area contributed by atoms with E-state index in [1.165, 1.54) is 17.6 Å². The minimum Gasteiger partial charge on any atom is -0.378 e. The predicted molar refractivity (Wildman–Crippen MR) is 87.9 cm³/mol. The largest absolute Gasteiger partial charge is 0.378 e. The Morgan fingerprint density at radius 3 is 2.65 bits per heavy atom. The van der Waals surface area contributed by atoms with Crippen LogP contribution in [0.5, 0.6) is 0 Å². The molecule has 0 bridgehead atoms. The zero-order valence-corrected chi connectivity index (χ0v) is 13.6. The highest BCUT2D eigenvalue weighted by Crippen LogP contribution is 2.34. The molecule has 1 unspecified atom stereocenters. The normalized spacial score (nSPS) is 21.8. The van der Waals surface area contributed by atoms with Gasteiger partial charge in [-0.15, -0.1) is 0 Å². The van der Waals surface area contributed by atoms with Gasteiger partial charge in [0.2, 0.25) is 0 Å². The summed E-state index contributed by atoms with van der Waals surface area (Å²) in [6, 6.07) is 4.65. The highest BCUT2D eigenvalue weighted by atomic mass is 32.1. The van der Waals surface area contributed by atoms with Gasteiger partial charge < -0.3 is 5.11 Å². The van der Waals surface area contributed by atoms with Gasteiger partial charge in [0.05, 0.1) is 16.8 Å². The molecule has 23 heavy (non-hydrogen) atoms. The first-order valence-electron chi connectivity index (χ1n) is 8.06. The molecule has 2 fully saturated rings. The molecule has 2 aromatic rings. The van der Waals surface area contributed by atoms with Gasteiger partial charge in [0, 0.05) is 26.2 Å². The maximum absolute atomic E-state index is 13.8. The lowest BCUT2D eigenvalue weighted by atomic mass is 10.2. The van der Waals surface area contributed by atoms with Crippen LogP contribution in [-0.4, -0.2) is 51.3 Å². The van der Waals surface area contributed by atoms with Crippen molar-refractivity contribution in [2.24, 2.45) is 5.92 Å². The summed E-state index contributed by atoms with van der Waals surface area (Å²) in [6.45, 7) is 3.74. The molecule has 1 saturated heterocycles. The van der Waals surface area contributed by atoms with E-state index in [2.05, 4.69) is 9.80 Å². The second-order valence-corrected chi connectivity index (χ2v) is 7.47. The molecular weight excluding hydrogens is 317 g/mol. The van der Waals surface area contributed by atoms with Crippen molar-refractivity contribution in [3.8, 4) is 0 Å². The summed E-state index contributed by atoms with van der Waals surface area (Å²) in [5.74, 6) is 0.121. The fourth-order valence-corrected chi connectivity index (χ4v) is 4.22. The molecular formula is C16H20FN3O2S. The van der Waals surface area contributed by atoms with Gasteiger partial charge in [0.1, 0.15) is 12.0 Å². The molecule has 7 heteroatoms. The monoisotopic (exact) mass is 337 g/mol. The second-order valence-electron chi connectivity index (χ2n) is 6.44. The highest BCUT2D eigenvalue weighted by Gasteiger charge is 2.35. The van der Waals surface area contributed by atoms with E-state index in [9.17, 15) is 14.3 Å². The number of hydrogen-bond acceptors (Lipinski definition) is 5. The molecule has 0 amide bonds. The number of fused-ring (bicyclic) bond motifs is 1. The van der Waals surface area contributed by atoms with Gasteiger partial charge in [-0.3, -0.25) is 14.6 Å². The van der Waals surface area contributed by atoms with Crippen molar-refractivity contribution in [1.82, 2.24) is 13.8 Å². The predicted octanol–water partition coefficient (Wildman–Crippen LogP) is 1.51. The Kier molecular flexibility index (Phi) is 3.96. The van der Waals surface area contributed by atoms with E-state index < -0.39 is 0 Å². The maximum atomic E-state index is 13.8. The van der Waals surface area contributed by atoms with Crippen LogP contribution in [0.25, 0.3) is 10.1 Å². The van der Waals surface area contributed by atoms with E-state index in [4.69, 9.17) is 0 Å². The fraction of sp³-hybridized carbons (Fsp3) is 0.562. The molecule has 1 saturated carbocycles. The van der Waals surface area contributed by atoms with Crippen molar-refractivity contribution < 1.29 is 9.50 Å². The lowest BCUT2D eigenvalue weighted by Gasteiger charge is -2.37. The van der Waals surface area contributed by atoms with E-state index in [1.54, 1.807) is 16.1 Å². The summed E-state index contributed by atoms with van der Waals surface area (Å²) in [4.78, 5) is 16.7. The SMILES string of the molecule is O=c1c2cccc(F)c2sn1CN1CCN(C(O)C2CC2)CC1. The number of aromatic nitrogens is 1. The third-order valence-corrected chi connectivity index (χ3v) is 5.88. The molecule has 1 atom stereocenters. The number of hydrogen-bond donors (Lipinski definition) is 1. The van der Waals surface area contributed by atoms with Crippen molar-refractivity contribution in [1.29, 1.82) is 0 Å². The summed E-state index contributed by atoms with van der Waals surface area (Å²) < 4.78 is 15.8. The van der Waals surface area contributed by atoms with Gasteiger partial charge in [-0.05, 0) is 30.9 Å². The zero-order valence-electron chi connectivity index (χ0n) is 12.8. The number of benzene rings is 1. The molecule has 0 spiro atoms. The second kappa shape index (κ2) is 5.98. The maximum Gasteiger partial charge on any atom is 0.269 e. The average Bonchev–Trinajstić information content (AvgIpc) is 3.36. The Balaban J connectivity index is 1.44. The summed E-state index contributed by atoms with van der Waals surface area (Å²) in [7, 11) is 0. The van der Waals surface area contributed by atoms with E-state index >= 15 is 0 Å². The third kappa shape index (κ3) is 2.94. The van der Waals surface area contributed by atoms with E-state index in [1.807, 2.05) is 0 Å². The van der Waals surface area contributed by atoms with Crippen LogP contribution in [0.15, 0.2) is 23.0 Å². The Morgan fingerprint density at radius 2 is 2.00 bits per heavy atom. The quantitative estimate of drug-likeness (QED) is 0.919. The molecule has 2 aliphatic rings. The topological polar surface area (TPSA) is 48.7 Å². The Hall–Kier alpha value is -1.28. The number of rotatable bonds is 4. The summed E-state index contributed by atoms with van der Waals surface area (Å²) in [5.41, 5.74) is -0.120. The van der Waals surface area contributed by atoms with Crippen LogP contribution < -0.4 is 5.56 Å². The molecule has 0 radical (unpaired) electrons. The summed E-state index contributed by atoms with van der Waals surface area (Å²) in [6.07, 6.45) is 1.95. The minimum absolute atomic E-state index is 0.120. The first-order chi connectivity index (χ1) is 11.1. The minimum atomic E-state index is -0.333. The third-order valence-electron chi connectivity index (χ3n) is 4.78. The molecule has 1 aromatic heterocycles. The first kappa shape index (κ1) is 15.3. The molecule has 1 N–H and O–H groups in total. The van der Waals surface area contributed by atoms with E-state index in [0.717, 1.165) is 39.0 Å². The number of halogens is 1. The van der Waals surface area contributed by atoms with E-state index in [0.29, 0.717) is 22.7 Å². The average molecular weight is 337 g/mol. The van der Waals surface area contributed by atoms with Crippen molar-refractivity contribution in [3.63, 3.8) is 0 Å². The summed E-state index contributed by atoms with van der Waals surface area (Å²) >= 11 is 1.19. The van der Waals surface area contributed by atoms with Gasteiger partial charge >= 0.3 is 0 Å². The molecule has 4 rings (SSSR count). The van der Waals surface area contributed by atoms with Crippen molar-refractivity contribution in [2.45, 2.75) is 25.7 Å². The van der Waals surface area contributed by atoms with Gasteiger partial charge in [0.15, 0.2) is 0 Å². The lowest BCUT2D eigenvalue weighted by Crippen LogP contribution is -2.51. The van der Waals surface area contributed by atoms with Gasteiger partial charge in [-0.1, -0.05) is 17.6 Å². The van der Waals surface area contributed by atoms with Crippen molar-refractivity contribution >= 4 is 21.6 Å². The summed E-state index contributed by atoms with van der Waals surface area (Å²) in [5, 5.41) is 10.6. The van der Waals surface area contributed by atoms with Crippen LogP contribution >= 0.6 is 11.5 Å². The number of nitrogens with zero attached hydrogens (tertiary/aromatic N) is 3. The van der Waals surface area contributed by atoms with Crippen LogP contribution in [0, 0.1) is 11.7 Å². The number of aliphatic hydroxyl groups excluding tert-OH is 1. The fourth-order valence-electron chi connectivity index (χ4n) is 3.19. The lowest BCUT2D eigenvalue weighted by molar-refractivity contribution is -0.0424. The number of aliphatic hydroxyl groups is 1. The molecule has 5 nitrogen and oxygen atoms in total. The highest BCUT2D eigenvalue weighted by molar-refractivity contribution is 7.13. The Bertz CT molecular complexity index is 762. The molecule has 1 aromatic carbocycles. The zero-order chi connectivity index (χ0) is 16.0. The van der Waals surface area contributed by atoms with Crippen LogP contribution in [-0.2, 0) is 6.67 Å². The standard InChI is InChI=1S/C16H20FN3O2S/c17-13-3-1-2-12-14(13)23-20(16(12)22)10-18-6-8-19(9-7-18)15(21)11-4-5-11/h1-3,11,15,21H,4-10H2. The van der Waals surface area contributed by atoms with E-state index in [-0.39, 0.29) is 17.6 Å². The molecule has 1 aliphatic carbocycles. The van der Waals surface area contributed by atoms with Crippen molar-refractivity contribution in [3.05, 3.63) is 34.4 Å². The molecule has 1 aliphatic heterocycles. The molecule has 124 valence electrons. The smallest absolute Gasteiger partial charge is 0.269 e. The van der Waals surface area contributed by atoms with Gasteiger partial charge in [-0.25, -0.2) is 8.35 Å². The van der Waals surface area contributed by atoms with Gasteiger partial charge in [0.25, 0.3) is 5.56 Å². The molecule has 2 heterocycles. The number of piperazine rings is 1. The first-order valence-corrected chi connectivity index (χ1v) is 8.83. The van der Waals surface area contributed by atoms with Crippen LogP contribution in [0.4, 0.5) is 4.39 Å².